The second-order valence-corrected chi connectivity index (χ2v) is 5.47. The maximum atomic E-state index is 12.5. The molecule has 5 heteroatoms. The van der Waals surface area contributed by atoms with Gasteiger partial charge in [-0.25, -0.2) is 4.79 Å². The monoisotopic (exact) mass is 310 g/mol. The summed E-state index contributed by atoms with van der Waals surface area (Å²) in [5.74, 6) is 0.744. The molecule has 0 saturated heterocycles. The first kappa shape index (κ1) is 13.8. The lowest BCUT2D eigenvalue weighted by Gasteiger charge is -2.19. The summed E-state index contributed by atoms with van der Waals surface area (Å²) in [6, 6.07) is 12.3. The van der Waals surface area contributed by atoms with E-state index >= 15 is 0 Å². The summed E-state index contributed by atoms with van der Waals surface area (Å²) in [5.41, 5.74) is 1.82. The highest BCUT2D eigenvalue weighted by atomic mass is 16.6. The third-order valence-electron chi connectivity index (χ3n) is 4.01. The molecule has 0 aromatic heterocycles. The fraction of sp³-hybridized carbons (Fsp3) is 0.222. The quantitative estimate of drug-likeness (QED) is 0.644. The molecule has 0 bridgehead atoms. The molecule has 2 aliphatic heterocycles. The molecule has 116 valence electrons. The molecule has 4 rings (SSSR count). The van der Waals surface area contributed by atoms with E-state index in [0.717, 1.165) is 5.56 Å². The first-order valence-corrected chi connectivity index (χ1v) is 7.45. The number of hydrogen-bond acceptors (Lipinski definition) is 5. The van der Waals surface area contributed by atoms with Crippen LogP contribution in [0.5, 0.6) is 11.5 Å². The number of esters is 1. The lowest BCUT2D eigenvalue weighted by Crippen LogP contribution is -2.16. The molecule has 0 spiro atoms. The van der Waals surface area contributed by atoms with Gasteiger partial charge in [-0.2, -0.15) is 0 Å². The predicted molar refractivity (Wildman–Crippen MR) is 81.0 cm³/mol. The van der Waals surface area contributed by atoms with Gasteiger partial charge >= 0.3 is 5.97 Å². The number of ketones is 1. The molecule has 0 N–H and O–H groups in total. The molecular formula is C18H14O5. The molecule has 2 heterocycles. The van der Waals surface area contributed by atoms with Crippen molar-refractivity contribution in [2.24, 2.45) is 0 Å². The van der Waals surface area contributed by atoms with E-state index < -0.39 is 6.10 Å². The fourth-order valence-corrected chi connectivity index (χ4v) is 2.87. The SMILES string of the molecule is O=C(CC1OC(=O)c2ccccc21)c1ccc2c(c1)OCCO2. The van der Waals surface area contributed by atoms with E-state index in [1.54, 1.807) is 30.3 Å². The number of fused-ring (bicyclic) bond motifs is 2. The van der Waals surface area contributed by atoms with Crippen molar-refractivity contribution in [1.82, 2.24) is 0 Å². The summed E-state index contributed by atoms with van der Waals surface area (Å²) in [6.45, 7) is 0.980. The van der Waals surface area contributed by atoms with E-state index in [2.05, 4.69) is 0 Å². The average molecular weight is 310 g/mol. The molecule has 23 heavy (non-hydrogen) atoms. The minimum atomic E-state index is -0.528. The van der Waals surface area contributed by atoms with Crippen LogP contribution >= 0.6 is 0 Å². The number of Topliss-reactive ketones (excluding diaryl/α,β-unsaturated/α-hetero) is 1. The predicted octanol–water partition coefficient (Wildman–Crippen LogP) is 2.94. The van der Waals surface area contributed by atoms with Crippen molar-refractivity contribution in [1.29, 1.82) is 0 Å². The fourth-order valence-electron chi connectivity index (χ4n) is 2.87. The number of cyclic esters (lactones) is 1. The Morgan fingerprint density at radius 1 is 1.04 bits per heavy atom. The summed E-state index contributed by atoms with van der Waals surface area (Å²) in [5, 5.41) is 0. The van der Waals surface area contributed by atoms with Gasteiger partial charge in [0.2, 0.25) is 0 Å². The zero-order valence-electron chi connectivity index (χ0n) is 12.3. The molecule has 0 amide bonds. The Bertz CT molecular complexity index is 796. The van der Waals surface area contributed by atoms with Crippen LogP contribution in [-0.4, -0.2) is 25.0 Å². The molecule has 0 fully saturated rings. The smallest absolute Gasteiger partial charge is 0.339 e. The molecule has 1 atom stereocenters. The van der Waals surface area contributed by atoms with Gasteiger partial charge in [-0.15, -0.1) is 0 Å². The van der Waals surface area contributed by atoms with Crippen LogP contribution in [0.3, 0.4) is 0 Å². The second kappa shape index (κ2) is 5.43. The van der Waals surface area contributed by atoms with Crippen LogP contribution in [0, 0.1) is 0 Å². The third kappa shape index (κ3) is 2.44. The summed E-state index contributed by atoms with van der Waals surface area (Å²) in [6.07, 6.45) is -0.415. The van der Waals surface area contributed by atoms with E-state index in [1.807, 2.05) is 12.1 Å². The standard InChI is InChI=1S/C18H14O5/c19-14(11-5-6-15-17(9-11)22-8-7-21-15)10-16-12-3-1-2-4-13(12)18(20)23-16/h1-6,9,16H,7-8,10H2. The molecular weight excluding hydrogens is 296 g/mol. The molecule has 2 aliphatic rings. The van der Waals surface area contributed by atoms with Gasteiger partial charge in [0.25, 0.3) is 0 Å². The summed E-state index contributed by atoms with van der Waals surface area (Å²) < 4.78 is 16.3. The number of benzene rings is 2. The number of ether oxygens (including phenoxy) is 3. The van der Waals surface area contributed by atoms with Gasteiger partial charge in [-0.1, -0.05) is 18.2 Å². The van der Waals surface area contributed by atoms with E-state index in [9.17, 15) is 9.59 Å². The lowest BCUT2D eigenvalue weighted by molar-refractivity contribution is 0.0367. The molecule has 0 radical (unpaired) electrons. The third-order valence-corrected chi connectivity index (χ3v) is 4.01. The van der Waals surface area contributed by atoms with Gasteiger partial charge in [0.05, 0.1) is 12.0 Å². The Labute approximate surface area is 132 Å². The number of hydrogen-bond donors (Lipinski definition) is 0. The van der Waals surface area contributed by atoms with Gasteiger partial charge in [0.1, 0.15) is 19.3 Å². The van der Waals surface area contributed by atoms with Gasteiger partial charge in [0, 0.05) is 11.1 Å². The molecule has 0 aliphatic carbocycles. The first-order chi connectivity index (χ1) is 11.2. The van der Waals surface area contributed by atoms with Gasteiger partial charge < -0.3 is 14.2 Å². The Hall–Kier alpha value is -2.82. The van der Waals surface area contributed by atoms with Gasteiger partial charge in [-0.3, -0.25) is 4.79 Å². The molecule has 2 aromatic rings. The average Bonchev–Trinajstić information content (AvgIpc) is 2.91. The highest BCUT2D eigenvalue weighted by Crippen LogP contribution is 2.35. The molecule has 5 nitrogen and oxygen atoms in total. The normalized spacial score (nSPS) is 18.3. The summed E-state index contributed by atoms with van der Waals surface area (Å²) >= 11 is 0. The van der Waals surface area contributed by atoms with Crippen LogP contribution in [0.1, 0.15) is 38.8 Å². The van der Waals surface area contributed by atoms with Crippen LogP contribution in [0.25, 0.3) is 0 Å². The van der Waals surface area contributed by atoms with Gasteiger partial charge in [0.15, 0.2) is 17.3 Å². The lowest BCUT2D eigenvalue weighted by atomic mass is 9.98. The Kier molecular flexibility index (Phi) is 3.26. The summed E-state index contributed by atoms with van der Waals surface area (Å²) in [4.78, 5) is 24.3. The maximum absolute atomic E-state index is 12.5. The number of carbonyl (C=O) groups excluding carboxylic acids is 2. The Morgan fingerprint density at radius 3 is 2.70 bits per heavy atom. The minimum absolute atomic E-state index is 0.100. The highest BCUT2D eigenvalue weighted by molar-refractivity contribution is 5.99. The van der Waals surface area contributed by atoms with E-state index in [4.69, 9.17) is 14.2 Å². The van der Waals surface area contributed by atoms with E-state index in [0.29, 0.717) is 35.8 Å². The largest absolute Gasteiger partial charge is 0.486 e. The molecule has 0 saturated carbocycles. The zero-order chi connectivity index (χ0) is 15.8. The molecule has 2 aromatic carbocycles. The van der Waals surface area contributed by atoms with Gasteiger partial charge in [-0.05, 0) is 24.3 Å². The first-order valence-electron chi connectivity index (χ1n) is 7.45. The number of rotatable bonds is 3. The van der Waals surface area contributed by atoms with Crippen LogP contribution in [0.4, 0.5) is 0 Å². The van der Waals surface area contributed by atoms with Crippen LogP contribution in [-0.2, 0) is 4.74 Å². The maximum Gasteiger partial charge on any atom is 0.339 e. The van der Waals surface area contributed by atoms with Crippen LogP contribution < -0.4 is 9.47 Å². The van der Waals surface area contributed by atoms with Crippen LogP contribution in [0.15, 0.2) is 42.5 Å². The van der Waals surface area contributed by atoms with E-state index in [1.165, 1.54) is 0 Å². The van der Waals surface area contributed by atoms with E-state index in [-0.39, 0.29) is 18.2 Å². The van der Waals surface area contributed by atoms with Crippen molar-refractivity contribution in [2.45, 2.75) is 12.5 Å². The van der Waals surface area contributed by atoms with Crippen molar-refractivity contribution in [3.63, 3.8) is 0 Å². The Morgan fingerprint density at radius 2 is 1.83 bits per heavy atom. The zero-order valence-corrected chi connectivity index (χ0v) is 12.3. The van der Waals surface area contributed by atoms with Crippen LogP contribution in [0.2, 0.25) is 0 Å². The molecule has 1 unspecified atom stereocenters. The van der Waals surface area contributed by atoms with Crippen molar-refractivity contribution >= 4 is 11.8 Å². The Balaban J connectivity index is 1.56. The highest BCUT2D eigenvalue weighted by Gasteiger charge is 2.32. The van der Waals surface area contributed by atoms with Crippen molar-refractivity contribution in [3.05, 3.63) is 59.2 Å². The topological polar surface area (TPSA) is 61.8 Å². The minimum Gasteiger partial charge on any atom is -0.486 e. The second-order valence-electron chi connectivity index (χ2n) is 5.47. The number of carbonyl (C=O) groups is 2. The summed E-state index contributed by atoms with van der Waals surface area (Å²) in [7, 11) is 0. The van der Waals surface area contributed by atoms with Crippen molar-refractivity contribution in [2.75, 3.05) is 13.2 Å². The van der Waals surface area contributed by atoms with Crippen molar-refractivity contribution < 1.29 is 23.8 Å². The van der Waals surface area contributed by atoms with Crippen molar-refractivity contribution in [3.8, 4) is 11.5 Å².